The maximum atomic E-state index is 11.8. The van der Waals surface area contributed by atoms with Crippen molar-refractivity contribution in [3.8, 4) is 0 Å². The molecule has 3 heteroatoms. The SMILES string of the molecule is CCC(C)(C)OC(=O)N(C)c1ccccc1. The smallest absolute Gasteiger partial charge is 0.414 e. The maximum Gasteiger partial charge on any atom is 0.414 e. The molecule has 0 aromatic heterocycles. The molecule has 0 N–H and O–H groups in total. The number of nitrogens with zero attached hydrogens (tertiary/aromatic N) is 1. The molecule has 0 aliphatic rings. The summed E-state index contributed by atoms with van der Waals surface area (Å²) >= 11 is 0. The first-order chi connectivity index (χ1) is 7.46. The van der Waals surface area contributed by atoms with Gasteiger partial charge >= 0.3 is 6.09 Å². The van der Waals surface area contributed by atoms with Crippen LogP contribution in [0.25, 0.3) is 0 Å². The number of para-hydroxylation sites is 1. The third-order valence-electron chi connectivity index (χ3n) is 2.63. The molecule has 1 aromatic rings. The first-order valence-corrected chi connectivity index (χ1v) is 5.48. The Morgan fingerprint density at radius 1 is 1.31 bits per heavy atom. The van der Waals surface area contributed by atoms with Gasteiger partial charge in [0.15, 0.2) is 0 Å². The zero-order valence-electron chi connectivity index (χ0n) is 10.4. The summed E-state index contributed by atoms with van der Waals surface area (Å²) in [6, 6.07) is 9.45. The molecule has 0 unspecified atom stereocenters. The summed E-state index contributed by atoms with van der Waals surface area (Å²) in [7, 11) is 1.71. The Hall–Kier alpha value is -1.51. The summed E-state index contributed by atoms with van der Waals surface area (Å²) in [6.45, 7) is 5.81. The van der Waals surface area contributed by atoms with E-state index in [1.165, 1.54) is 4.90 Å². The van der Waals surface area contributed by atoms with Crippen LogP contribution >= 0.6 is 0 Å². The summed E-state index contributed by atoms with van der Waals surface area (Å²) in [6.07, 6.45) is 0.472. The van der Waals surface area contributed by atoms with E-state index in [9.17, 15) is 4.79 Å². The third-order valence-corrected chi connectivity index (χ3v) is 2.63. The number of carbonyl (C=O) groups is 1. The number of anilines is 1. The Morgan fingerprint density at radius 2 is 1.88 bits per heavy atom. The fraction of sp³-hybridized carbons (Fsp3) is 0.462. The Bertz CT molecular complexity index is 346. The highest BCUT2D eigenvalue weighted by Gasteiger charge is 2.23. The molecule has 88 valence electrons. The average Bonchev–Trinajstić information content (AvgIpc) is 2.28. The van der Waals surface area contributed by atoms with Crippen molar-refractivity contribution < 1.29 is 9.53 Å². The fourth-order valence-electron chi connectivity index (χ4n) is 1.13. The topological polar surface area (TPSA) is 29.5 Å². The van der Waals surface area contributed by atoms with Gasteiger partial charge in [0.25, 0.3) is 0 Å². The largest absolute Gasteiger partial charge is 0.443 e. The van der Waals surface area contributed by atoms with Gasteiger partial charge < -0.3 is 4.74 Å². The summed E-state index contributed by atoms with van der Waals surface area (Å²) in [4.78, 5) is 13.3. The Kier molecular flexibility index (Phi) is 3.93. The molecule has 1 rings (SSSR count). The van der Waals surface area contributed by atoms with Gasteiger partial charge in [0.1, 0.15) is 5.60 Å². The lowest BCUT2D eigenvalue weighted by Gasteiger charge is -2.27. The van der Waals surface area contributed by atoms with Crippen molar-refractivity contribution in [2.24, 2.45) is 0 Å². The zero-order valence-corrected chi connectivity index (χ0v) is 10.4. The van der Waals surface area contributed by atoms with E-state index in [-0.39, 0.29) is 6.09 Å². The van der Waals surface area contributed by atoms with E-state index in [0.29, 0.717) is 0 Å². The first kappa shape index (κ1) is 12.6. The van der Waals surface area contributed by atoms with E-state index in [0.717, 1.165) is 12.1 Å². The molecular formula is C13H19NO2. The van der Waals surface area contributed by atoms with Crippen LogP contribution in [-0.2, 0) is 4.74 Å². The highest BCUT2D eigenvalue weighted by molar-refractivity contribution is 5.87. The lowest BCUT2D eigenvalue weighted by Crippen LogP contribution is -2.35. The number of benzene rings is 1. The van der Waals surface area contributed by atoms with Crippen LogP contribution in [0.3, 0.4) is 0 Å². The summed E-state index contributed by atoms with van der Waals surface area (Å²) in [5, 5.41) is 0. The van der Waals surface area contributed by atoms with Gasteiger partial charge in [-0.05, 0) is 32.4 Å². The van der Waals surface area contributed by atoms with Crippen LogP contribution < -0.4 is 4.90 Å². The molecule has 1 amide bonds. The van der Waals surface area contributed by atoms with Gasteiger partial charge in [0, 0.05) is 12.7 Å². The van der Waals surface area contributed by atoms with Crippen LogP contribution in [0.15, 0.2) is 30.3 Å². The monoisotopic (exact) mass is 221 g/mol. The Balaban J connectivity index is 2.69. The van der Waals surface area contributed by atoms with Gasteiger partial charge in [-0.3, -0.25) is 4.90 Å². The minimum Gasteiger partial charge on any atom is -0.443 e. The van der Waals surface area contributed by atoms with E-state index < -0.39 is 5.60 Å². The minimum atomic E-state index is -0.417. The normalized spacial score (nSPS) is 11.0. The first-order valence-electron chi connectivity index (χ1n) is 5.48. The van der Waals surface area contributed by atoms with E-state index in [2.05, 4.69) is 0 Å². The average molecular weight is 221 g/mol. The van der Waals surface area contributed by atoms with Crippen molar-refractivity contribution in [3.05, 3.63) is 30.3 Å². The maximum absolute atomic E-state index is 11.8. The Labute approximate surface area is 97.0 Å². The van der Waals surface area contributed by atoms with Crippen molar-refractivity contribution in [1.82, 2.24) is 0 Å². The molecule has 0 heterocycles. The van der Waals surface area contributed by atoms with Crippen molar-refractivity contribution >= 4 is 11.8 Å². The van der Waals surface area contributed by atoms with Crippen LogP contribution in [0.2, 0.25) is 0 Å². The van der Waals surface area contributed by atoms with Crippen molar-refractivity contribution in [3.63, 3.8) is 0 Å². The molecule has 0 fully saturated rings. The van der Waals surface area contributed by atoms with Crippen LogP contribution in [0.4, 0.5) is 10.5 Å². The van der Waals surface area contributed by atoms with E-state index in [1.54, 1.807) is 7.05 Å². The standard InChI is InChI=1S/C13H19NO2/c1-5-13(2,3)16-12(15)14(4)11-9-7-6-8-10-11/h6-10H,5H2,1-4H3. The van der Waals surface area contributed by atoms with Crippen molar-refractivity contribution in [2.45, 2.75) is 32.8 Å². The molecule has 0 atom stereocenters. The van der Waals surface area contributed by atoms with Crippen molar-refractivity contribution in [1.29, 1.82) is 0 Å². The van der Waals surface area contributed by atoms with Gasteiger partial charge in [-0.15, -0.1) is 0 Å². The summed E-state index contributed by atoms with van der Waals surface area (Å²) in [5.41, 5.74) is 0.416. The minimum absolute atomic E-state index is 0.321. The molecule has 0 spiro atoms. The van der Waals surface area contributed by atoms with Gasteiger partial charge in [0.2, 0.25) is 0 Å². The predicted octanol–water partition coefficient (Wildman–Crippen LogP) is 3.45. The van der Waals surface area contributed by atoms with Gasteiger partial charge in [-0.1, -0.05) is 25.1 Å². The second kappa shape index (κ2) is 5.01. The number of hydrogen-bond acceptors (Lipinski definition) is 2. The van der Waals surface area contributed by atoms with E-state index >= 15 is 0 Å². The number of ether oxygens (including phenoxy) is 1. The summed E-state index contributed by atoms with van der Waals surface area (Å²) < 4.78 is 5.39. The fourth-order valence-corrected chi connectivity index (χ4v) is 1.13. The van der Waals surface area contributed by atoms with Crippen molar-refractivity contribution in [2.75, 3.05) is 11.9 Å². The molecule has 0 saturated heterocycles. The summed E-state index contributed by atoms with van der Waals surface area (Å²) in [5.74, 6) is 0. The molecule has 0 bridgehead atoms. The van der Waals surface area contributed by atoms with Gasteiger partial charge in [0.05, 0.1) is 0 Å². The molecule has 0 aliphatic carbocycles. The number of amides is 1. The van der Waals surface area contributed by atoms with Crippen LogP contribution in [0, 0.1) is 0 Å². The number of hydrogen-bond donors (Lipinski definition) is 0. The lowest BCUT2D eigenvalue weighted by molar-refractivity contribution is 0.0420. The Morgan fingerprint density at radius 3 is 2.38 bits per heavy atom. The molecule has 3 nitrogen and oxygen atoms in total. The lowest BCUT2D eigenvalue weighted by atomic mass is 10.1. The van der Waals surface area contributed by atoms with Crippen LogP contribution in [0.5, 0.6) is 0 Å². The molecule has 0 radical (unpaired) electrons. The highest BCUT2D eigenvalue weighted by atomic mass is 16.6. The number of rotatable bonds is 3. The highest BCUT2D eigenvalue weighted by Crippen LogP contribution is 2.18. The van der Waals surface area contributed by atoms with Crippen LogP contribution in [0.1, 0.15) is 27.2 Å². The zero-order chi connectivity index (χ0) is 12.2. The quantitative estimate of drug-likeness (QED) is 0.782. The molecule has 16 heavy (non-hydrogen) atoms. The van der Waals surface area contributed by atoms with Gasteiger partial charge in [-0.25, -0.2) is 4.79 Å². The van der Waals surface area contributed by atoms with Crippen LogP contribution in [-0.4, -0.2) is 18.7 Å². The molecule has 1 aromatic carbocycles. The third kappa shape index (κ3) is 3.26. The second-order valence-corrected chi connectivity index (χ2v) is 4.38. The van der Waals surface area contributed by atoms with E-state index in [1.807, 2.05) is 51.1 Å². The predicted molar refractivity (Wildman–Crippen MR) is 65.7 cm³/mol. The molecular weight excluding hydrogens is 202 g/mol. The second-order valence-electron chi connectivity index (χ2n) is 4.38. The molecule has 0 aliphatic heterocycles. The van der Waals surface area contributed by atoms with Gasteiger partial charge in [-0.2, -0.15) is 0 Å². The molecule has 0 saturated carbocycles. The number of carbonyl (C=O) groups excluding carboxylic acids is 1. The van der Waals surface area contributed by atoms with E-state index in [4.69, 9.17) is 4.74 Å².